The van der Waals surface area contributed by atoms with Crippen molar-refractivity contribution < 1.29 is 13.2 Å². The monoisotopic (exact) mass is 349 g/mol. The van der Waals surface area contributed by atoms with Gasteiger partial charge in [0.1, 0.15) is 0 Å². The van der Waals surface area contributed by atoms with Gasteiger partial charge in [-0.1, -0.05) is 18.9 Å². The molecule has 0 aromatic heterocycles. The van der Waals surface area contributed by atoms with E-state index in [1.807, 2.05) is 0 Å². The molecule has 4 N–H and O–H groups in total. The second kappa shape index (κ2) is 5.20. The van der Waals surface area contributed by atoms with Crippen molar-refractivity contribution >= 4 is 21.7 Å². The number of rotatable bonds is 3. The molecule has 0 saturated heterocycles. The maximum absolute atomic E-state index is 12.4. The van der Waals surface area contributed by atoms with E-state index < -0.39 is 10.0 Å². The highest BCUT2D eigenvalue weighted by Crippen LogP contribution is 2.65. The van der Waals surface area contributed by atoms with Crippen LogP contribution in [0.1, 0.15) is 44.9 Å². The zero-order chi connectivity index (χ0) is 17.0. The first-order valence-corrected chi connectivity index (χ1v) is 10.0. The maximum atomic E-state index is 12.4. The molecule has 24 heavy (non-hydrogen) atoms. The minimum atomic E-state index is -3.78. The van der Waals surface area contributed by atoms with Gasteiger partial charge < -0.3 is 10.6 Å². The predicted molar refractivity (Wildman–Crippen MR) is 90.9 cm³/mol. The smallest absolute Gasteiger partial charge is 0.319 e. The fourth-order valence-corrected chi connectivity index (χ4v) is 6.01. The highest BCUT2D eigenvalue weighted by atomic mass is 32.2. The van der Waals surface area contributed by atoms with E-state index in [-0.39, 0.29) is 16.5 Å². The Hall–Kier alpha value is -1.60. The Morgan fingerprint density at radius 1 is 1.25 bits per heavy atom. The molecule has 3 bridgehead atoms. The van der Waals surface area contributed by atoms with Gasteiger partial charge in [-0.05, 0) is 61.6 Å². The van der Waals surface area contributed by atoms with Crippen LogP contribution in [0.15, 0.2) is 29.2 Å². The van der Waals surface area contributed by atoms with E-state index in [2.05, 4.69) is 10.6 Å². The molecule has 4 fully saturated rings. The van der Waals surface area contributed by atoms with Crippen molar-refractivity contribution in [2.24, 2.45) is 16.5 Å². The number of carbonyl (C=O) groups is 1. The largest absolute Gasteiger partial charge is 0.332 e. The zero-order valence-corrected chi connectivity index (χ0v) is 14.4. The van der Waals surface area contributed by atoms with Crippen molar-refractivity contribution in [1.82, 2.24) is 5.32 Å². The summed E-state index contributed by atoms with van der Waals surface area (Å²) in [6.45, 7) is 0. The Morgan fingerprint density at radius 2 is 2.04 bits per heavy atom. The molecule has 4 aliphatic carbocycles. The summed E-state index contributed by atoms with van der Waals surface area (Å²) < 4.78 is 22.8. The standard InChI is InChI=1S/C17H23N3O3S/c18-24(22,23)14-5-1-4-13(7-14)19-15(21)20-17-9-12-3-2-6-16(8-12,10-17)11-17/h1,4-5,7,12H,2-3,6,8-11H2,(H2,18,22,23)(H2,19,20,21). The van der Waals surface area contributed by atoms with Gasteiger partial charge in [-0.2, -0.15) is 0 Å². The Labute approximate surface area is 142 Å². The van der Waals surface area contributed by atoms with Crippen molar-refractivity contribution in [2.45, 2.75) is 55.4 Å². The Kier molecular flexibility index (Phi) is 3.44. The SMILES string of the molecule is NS(=O)(=O)c1cccc(NC(=O)NC23CC4CCCC(C4)(C2)C3)c1. The number of nitrogens with one attached hydrogen (secondary N) is 2. The normalized spacial score (nSPS) is 34.1. The summed E-state index contributed by atoms with van der Waals surface area (Å²) in [7, 11) is -3.78. The molecular formula is C17H23N3O3S. The molecule has 2 amide bonds. The molecule has 1 aromatic carbocycles. The van der Waals surface area contributed by atoms with Crippen LogP contribution >= 0.6 is 0 Å². The predicted octanol–water partition coefficient (Wildman–Crippen LogP) is 2.57. The molecule has 0 heterocycles. The molecule has 4 saturated carbocycles. The quantitative estimate of drug-likeness (QED) is 0.781. The van der Waals surface area contributed by atoms with Crippen molar-refractivity contribution in [3.8, 4) is 0 Å². The number of primary sulfonamides is 1. The average molecular weight is 349 g/mol. The van der Waals surface area contributed by atoms with Crippen LogP contribution in [0.4, 0.5) is 10.5 Å². The van der Waals surface area contributed by atoms with Crippen molar-refractivity contribution in [3.05, 3.63) is 24.3 Å². The highest BCUT2D eigenvalue weighted by molar-refractivity contribution is 7.89. The van der Waals surface area contributed by atoms with Crippen LogP contribution in [-0.2, 0) is 10.0 Å². The second-order valence-corrected chi connectivity index (χ2v) is 9.51. The Morgan fingerprint density at radius 3 is 2.75 bits per heavy atom. The van der Waals surface area contributed by atoms with E-state index in [0.29, 0.717) is 11.1 Å². The summed E-state index contributed by atoms with van der Waals surface area (Å²) in [5.41, 5.74) is 0.841. The van der Waals surface area contributed by atoms with E-state index in [4.69, 9.17) is 5.14 Å². The average Bonchev–Trinajstić information content (AvgIpc) is 2.44. The van der Waals surface area contributed by atoms with Crippen LogP contribution in [0, 0.1) is 11.3 Å². The van der Waals surface area contributed by atoms with Gasteiger partial charge in [0.15, 0.2) is 0 Å². The molecular weight excluding hydrogens is 326 g/mol. The third kappa shape index (κ3) is 2.80. The first kappa shape index (κ1) is 15.9. The number of nitrogens with two attached hydrogens (primary N) is 1. The molecule has 1 aromatic rings. The van der Waals surface area contributed by atoms with Gasteiger partial charge in [-0.3, -0.25) is 0 Å². The van der Waals surface area contributed by atoms with Crippen molar-refractivity contribution in [3.63, 3.8) is 0 Å². The van der Waals surface area contributed by atoms with E-state index >= 15 is 0 Å². The number of sulfonamides is 1. The molecule has 7 heteroatoms. The van der Waals surface area contributed by atoms with Gasteiger partial charge in [0.05, 0.1) is 4.90 Å². The van der Waals surface area contributed by atoms with Gasteiger partial charge in [-0.15, -0.1) is 0 Å². The summed E-state index contributed by atoms with van der Waals surface area (Å²) >= 11 is 0. The van der Waals surface area contributed by atoms with Crippen LogP contribution in [0.3, 0.4) is 0 Å². The lowest BCUT2D eigenvalue weighted by Gasteiger charge is -2.65. The number of hydrogen-bond acceptors (Lipinski definition) is 3. The number of hydrogen-bond donors (Lipinski definition) is 3. The molecule has 6 nitrogen and oxygen atoms in total. The Balaban J connectivity index is 1.43. The Bertz CT molecular complexity index is 779. The molecule has 5 rings (SSSR count). The number of anilines is 1. The summed E-state index contributed by atoms with van der Waals surface area (Å²) in [5.74, 6) is 0.743. The number of benzene rings is 1. The lowest BCUT2D eigenvalue weighted by atomic mass is 9.43. The van der Waals surface area contributed by atoms with E-state index in [1.165, 1.54) is 37.8 Å². The van der Waals surface area contributed by atoms with Gasteiger partial charge in [0.2, 0.25) is 10.0 Å². The first-order valence-electron chi connectivity index (χ1n) is 8.50. The van der Waals surface area contributed by atoms with E-state index in [0.717, 1.165) is 25.2 Å². The van der Waals surface area contributed by atoms with Gasteiger partial charge >= 0.3 is 6.03 Å². The number of amides is 2. The molecule has 1 spiro atoms. The van der Waals surface area contributed by atoms with Crippen LogP contribution in [0.25, 0.3) is 0 Å². The van der Waals surface area contributed by atoms with Crippen LogP contribution in [0.5, 0.6) is 0 Å². The second-order valence-electron chi connectivity index (χ2n) is 7.95. The zero-order valence-electron chi connectivity index (χ0n) is 13.5. The lowest BCUT2D eigenvalue weighted by Crippen LogP contribution is -2.67. The lowest BCUT2D eigenvalue weighted by molar-refractivity contribution is -0.102. The molecule has 1 unspecified atom stereocenters. The number of urea groups is 1. The third-order valence-corrected chi connectivity index (χ3v) is 6.86. The van der Waals surface area contributed by atoms with Gasteiger partial charge in [0.25, 0.3) is 0 Å². The molecule has 0 aliphatic heterocycles. The minimum Gasteiger partial charge on any atom is -0.332 e. The maximum Gasteiger partial charge on any atom is 0.319 e. The summed E-state index contributed by atoms with van der Waals surface area (Å²) in [6.07, 6.45) is 8.47. The molecule has 0 radical (unpaired) electrons. The summed E-state index contributed by atoms with van der Waals surface area (Å²) in [5, 5.41) is 11.0. The minimum absolute atomic E-state index is 0.00624. The fourth-order valence-electron chi connectivity index (χ4n) is 5.45. The van der Waals surface area contributed by atoms with E-state index in [1.54, 1.807) is 12.1 Å². The van der Waals surface area contributed by atoms with Gasteiger partial charge in [0, 0.05) is 11.2 Å². The molecule has 1 atom stereocenters. The number of carbonyl (C=O) groups excluding carboxylic acids is 1. The molecule has 4 aliphatic rings. The topological polar surface area (TPSA) is 101 Å². The fraction of sp³-hybridized carbons (Fsp3) is 0.588. The summed E-state index contributed by atoms with van der Waals surface area (Å²) in [4.78, 5) is 12.4. The van der Waals surface area contributed by atoms with Crippen LogP contribution in [-0.4, -0.2) is 20.0 Å². The summed E-state index contributed by atoms with van der Waals surface area (Å²) in [6, 6.07) is 5.75. The van der Waals surface area contributed by atoms with Crippen molar-refractivity contribution in [2.75, 3.05) is 5.32 Å². The molecule has 130 valence electrons. The third-order valence-electron chi connectivity index (χ3n) is 5.95. The highest BCUT2D eigenvalue weighted by Gasteiger charge is 2.61. The van der Waals surface area contributed by atoms with E-state index in [9.17, 15) is 13.2 Å². The van der Waals surface area contributed by atoms with Crippen LogP contribution in [0.2, 0.25) is 0 Å². The van der Waals surface area contributed by atoms with Crippen LogP contribution < -0.4 is 15.8 Å². The van der Waals surface area contributed by atoms with Gasteiger partial charge in [-0.25, -0.2) is 18.4 Å². The first-order chi connectivity index (χ1) is 11.3. The van der Waals surface area contributed by atoms with Crippen molar-refractivity contribution in [1.29, 1.82) is 0 Å².